The SMILES string of the molecule is CCC1CCCC1NCc1cc(Br)ccc1F. The summed E-state index contributed by atoms with van der Waals surface area (Å²) in [7, 11) is 0. The summed E-state index contributed by atoms with van der Waals surface area (Å²) in [5.41, 5.74) is 0.751. The average molecular weight is 300 g/mol. The molecule has 0 saturated heterocycles. The van der Waals surface area contributed by atoms with Crippen molar-refractivity contribution in [2.75, 3.05) is 0 Å². The van der Waals surface area contributed by atoms with Crippen LogP contribution in [0.25, 0.3) is 0 Å². The zero-order valence-electron chi connectivity index (χ0n) is 10.2. The first-order valence-corrected chi connectivity index (χ1v) is 7.17. The number of benzene rings is 1. The molecule has 0 bridgehead atoms. The number of hydrogen-bond donors (Lipinski definition) is 1. The van der Waals surface area contributed by atoms with Gasteiger partial charge in [0, 0.05) is 22.6 Å². The molecule has 0 aromatic heterocycles. The third-order valence-corrected chi connectivity index (χ3v) is 4.24. The van der Waals surface area contributed by atoms with Gasteiger partial charge in [-0.2, -0.15) is 0 Å². The molecule has 1 aliphatic rings. The van der Waals surface area contributed by atoms with E-state index in [4.69, 9.17) is 0 Å². The van der Waals surface area contributed by atoms with Crippen LogP contribution in [0, 0.1) is 11.7 Å². The summed E-state index contributed by atoms with van der Waals surface area (Å²) >= 11 is 3.38. The quantitative estimate of drug-likeness (QED) is 0.876. The highest BCUT2D eigenvalue weighted by molar-refractivity contribution is 9.10. The Balaban J connectivity index is 1.95. The molecule has 0 amide bonds. The molecule has 17 heavy (non-hydrogen) atoms. The molecule has 2 atom stereocenters. The predicted octanol–water partition coefficient (Wildman–Crippen LogP) is 4.26. The second kappa shape index (κ2) is 5.96. The molecule has 1 saturated carbocycles. The summed E-state index contributed by atoms with van der Waals surface area (Å²) in [4.78, 5) is 0. The van der Waals surface area contributed by atoms with Crippen molar-refractivity contribution in [1.29, 1.82) is 0 Å². The molecular weight excluding hydrogens is 281 g/mol. The highest BCUT2D eigenvalue weighted by Crippen LogP contribution is 2.28. The maximum Gasteiger partial charge on any atom is 0.127 e. The second-order valence-electron chi connectivity index (χ2n) is 4.82. The minimum absolute atomic E-state index is 0.119. The van der Waals surface area contributed by atoms with Gasteiger partial charge in [-0.25, -0.2) is 4.39 Å². The van der Waals surface area contributed by atoms with E-state index in [0.717, 1.165) is 16.0 Å². The molecule has 1 fully saturated rings. The maximum atomic E-state index is 13.6. The fourth-order valence-electron chi connectivity index (χ4n) is 2.71. The van der Waals surface area contributed by atoms with Gasteiger partial charge in [0.05, 0.1) is 0 Å². The van der Waals surface area contributed by atoms with E-state index in [-0.39, 0.29) is 5.82 Å². The van der Waals surface area contributed by atoms with Crippen LogP contribution in [0.4, 0.5) is 4.39 Å². The standard InChI is InChI=1S/C14H19BrFN/c1-2-10-4-3-5-14(10)17-9-11-8-12(15)6-7-13(11)16/h6-8,10,14,17H,2-5,9H2,1H3. The molecule has 2 rings (SSSR count). The summed E-state index contributed by atoms with van der Waals surface area (Å²) in [6, 6.07) is 5.69. The van der Waals surface area contributed by atoms with E-state index in [1.54, 1.807) is 6.07 Å². The van der Waals surface area contributed by atoms with Gasteiger partial charge >= 0.3 is 0 Å². The molecule has 0 aliphatic heterocycles. The van der Waals surface area contributed by atoms with E-state index in [9.17, 15) is 4.39 Å². The molecule has 1 aromatic rings. The van der Waals surface area contributed by atoms with E-state index < -0.39 is 0 Å². The first kappa shape index (κ1) is 13.0. The number of halogens is 2. The number of hydrogen-bond acceptors (Lipinski definition) is 1. The Bertz CT molecular complexity index is 380. The number of nitrogens with one attached hydrogen (secondary N) is 1. The predicted molar refractivity (Wildman–Crippen MR) is 72.4 cm³/mol. The maximum absolute atomic E-state index is 13.6. The molecule has 0 heterocycles. The van der Waals surface area contributed by atoms with Crippen LogP contribution in [0.3, 0.4) is 0 Å². The van der Waals surface area contributed by atoms with Crippen molar-refractivity contribution in [3.63, 3.8) is 0 Å². The third-order valence-electron chi connectivity index (χ3n) is 3.75. The normalized spacial score (nSPS) is 24.2. The molecule has 3 heteroatoms. The van der Waals surface area contributed by atoms with E-state index in [0.29, 0.717) is 12.6 Å². The largest absolute Gasteiger partial charge is 0.310 e. The summed E-state index contributed by atoms with van der Waals surface area (Å²) in [5, 5.41) is 3.51. The lowest BCUT2D eigenvalue weighted by Crippen LogP contribution is -2.31. The van der Waals surface area contributed by atoms with Gasteiger partial charge in [-0.3, -0.25) is 0 Å². The first-order chi connectivity index (χ1) is 8.20. The van der Waals surface area contributed by atoms with Crippen LogP contribution >= 0.6 is 15.9 Å². The third kappa shape index (κ3) is 3.29. The Kier molecular flexibility index (Phi) is 4.57. The van der Waals surface area contributed by atoms with Gasteiger partial charge in [0.2, 0.25) is 0 Å². The molecule has 1 N–H and O–H groups in total. The van der Waals surface area contributed by atoms with Crippen LogP contribution < -0.4 is 5.32 Å². The van der Waals surface area contributed by atoms with Crippen LogP contribution in [0.2, 0.25) is 0 Å². The van der Waals surface area contributed by atoms with E-state index in [1.807, 2.05) is 6.07 Å². The van der Waals surface area contributed by atoms with E-state index >= 15 is 0 Å². The average Bonchev–Trinajstić information content (AvgIpc) is 2.77. The van der Waals surface area contributed by atoms with Crippen molar-refractivity contribution in [2.45, 2.75) is 45.2 Å². The van der Waals surface area contributed by atoms with Gasteiger partial charge in [-0.15, -0.1) is 0 Å². The Labute approximate surface area is 111 Å². The lowest BCUT2D eigenvalue weighted by atomic mass is 10.0. The summed E-state index contributed by atoms with van der Waals surface area (Å²) in [6.07, 6.45) is 5.07. The van der Waals surface area contributed by atoms with Crippen LogP contribution in [-0.2, 0) is 6.54 Å². The zero-order chi connectivity index (χ0) is 12.3. The van der Waals surface area contributed by atoms with Crippen molar-refractivity contribution < 1.29 is 4.39 Å². The summed E-state index contributed by atoms with van der Waals surface area (Å²) in [5.74, 6) is 0.650. The number of rotatable bonds is 4. The zero-order valence-corrected chi connectivity index (χ0v) is 11.8. The molecule has 0 radical (unpaired) electrons. The highest BCUT2D eigenvalue weighted by Gasteiger charge is 2.25. The molecule has 2 unspecified atom stereocenters. The summed E-state index contributed by atoms with van der Waals surface area (Å²) < 4.78 is 14.5. The van der Waals surface area contributed by atoms with Crippen molar-refractivity contribution in [3.8, 4) is 0 Å². The van der Waals surface area contributed by atoms with Crippen LogP contribution in [0.1, 0.15) is 38.2 Å². The fourth-order valence-corrected chi connectivity index (χ4v) is 3.12. The Morgan fingerprint density at radius 3 is 3.00 bits per heavy atom. The monoisotopic (exact) mass is 299 g/mol. The molecule has 94 valence electrons. The van der Waals surface area contributed by atoms with Crippen LogP contribution in [0.5, 0.6) is 0 Å². The fraction of sp³-hybridized carbons (Fsp3) is 0.571. The minimum atomic E-state index is -0.119. The highest BCUT2D eigenvalue weighted by atomic mass is 79.9. The molecule has 1 aliphatic carbocycles. The Morgan fingerprint density at radius 1 is 1.41 bits per heavy atom. The van der Waals surface area contributed by atoms with Crippen molar-refractivity contribution in [3.05, 3.63) is 34.1 Å². The van der Waals surface area contributed by atoms with Gasteiger partial charge in [-0.05, 0) is 37.0 Å². The first-order valence-electron chi connectivity index (χ1n) is 6.38. The molecule has 1 aromatic carbocycles. The summed E-state index contributed by atoms with van der Waals surface area (Å²) in [6.45, 7) is 2.87. The van der Waals surface area contributed by atoms with Crippen molar-refractivity contribution in [1.82, 2.24) is 5.32 Å². The van der Waals surface area contributed by atoms with Gasteiger partial charge < -0.3 is 5.32 Å². The molecule has 1 nitrogen and oxygen atoms in total. The molecular formula is C14H19BrFN. The second-order valence-corrected chi connectivity index (χ2v) is 5.74. The van der Waals surface area contributed by atoms with E-state index in [2.05, 4.69) is 28.2 Å². The smallest absolute Gasteiger partial charge is 0.127 e. The van der Waals surface area contributed by atoms with Crippen molar-refractivity contribution in [2.24, 2.45) is 5.92 Å². The Hall–Kier alpha value is -0.410. The Morgan fingerprint density at radius 2 is 2.24 bits per heavy atom. The topological polar surface area (TPSA) is 12.0 Å². The van der Waals surface area contributed by atoms with Crippen LogP contribution in [0.15, 0.2) is 22.7 Å². The van der Waals surface area contributed by atoms with Gasteiger partial charge in [-0.1, -0.05) is 35.7 Å². The van der Waals surface area contributed by atoms with Gasteiger partial charge in [0.1, 0.15) is 5.82 Å². The van der Waals surface area contributed by atoms with E-state index in [1.165, 1.54) is 31.7 Å². The lowest BCUT2D eigenvalue weighted by molar-refractivity contribution is 0.386. The molecule has 0 spiro atoms. The minimum Gasteiger partial charge on any atom is -0.310 e. The van der Waals surface area contributed by atoms with Crippen molar-refractivity contribution >= 4 is 15.9 Å². The lowest BCUT2D eigenvalue weighted by Gasteiger charge is -2.19. The van der Waals surface area contributed by atoms with Gasteiger partial charge in [0.25, 0.3) is 0 Å². The van der Waals surface area contributed by atoms with Crippen LogP contribution in [-0.4, -0.2) is 6.04 Å². The van der Waals surface area contributed by atoms with Gasteiger partial charge in [0.15, 0.2) is 0 Å².